The molecule has 2 N–H and O–H groups in total. The Balaban J connectivity index is 0.00000288. The number of rotatable bonds is 7. The van der Waals surface area contributed by atoms with Crippen molar-refractivity contribution in [1.29, 1.82) is 0 Å². The van der Waals surface area contributed by atoms with Gasteiger partial charge in [0.05, 0.1) is 9.95 Å². The fraction of sp³-hybridized carbons (Fsp3) is 0.538. The van der Waals surface area contributed by atoms with E-state index in [1.54, 1.807) is 0 Å². The van der Waals surface area contributed by atoms with Gasteiger partial charge in [-0.05, 0) is 19.0 Å². The minimum Gasteiger partial charge on any atom is -0.314 e. The molecule has 0 aliphatic carbocycles. The van der Waals surface area contributed by atoms with Gasteiger partial charge in [0.2, 0.25) is 10.0 Å². The molecule has 1 aliphatic heterocycles. The molecular formula is C13H21Cl3N4O4S. The lowest BCUT2D eigenvalue weighted by Gasteiger charge is -2.27. The molecule has 0 radical (unpaired) electrons. The van der Waals surface area contributed by atoms with Crippen molar-refractivity contribution >= 4 is 52.1 Å². The Kier molecular flexibility index (Phi) is 10.8. The van der Waals surface area contributed by atoms with Crippen molar-refractivity contribution < 1.29 is 13.3 Å². The zero-order valence-corrected chi connectivity index (χ0v) is 16.5. The van der Waals surface area contributed by atoms with E-state index in [0.29, 0.717) is 6.42 Å². The molecule has 8 nitrogen and oxygen atoms in total. The normalized spacial score (nSPS) is 15.1. The highest BCUT2D eigenvalue weighted by Crippen LogP contribution is 2.30. The summed E-state index contributed by atoms with van der Waals surface area (Å²) in [6.07, 6.45) is 0.623. The van der Waals surface area contributed by atoms with Crippen LogP contribution in [0.4, 0.5) is 5.69 Å². The Morgan fingerprint density at radius 3 is 2.52 bits per heavy atom. The first-order valence-corrected chi connectivity index (χ1v) is 9.13. The number of benzene rings is 1. The molecule has 2 rings (SSSR count). The minimum absolute atomic E-state index is 0. The minimum atomic E-state index is -4.02. The molecule has 0 spiro atoms. The number of hydrogen-bond acceptors (Lipinski definition) is 6. The molecule has 0 bridgehead atoms. The van der Waals surface area contributed by atoms with Gasteiger partial charge >= 0.3 is 0 Å². The van der Waals surface area contributed by atoms with Crippen molar-refractivity contribution in [3.8, 4) is 0 Å². The van der Waals surface area contributed by atoms with Gasteiger partial charge in [0.15, 0.2) is 4.90 Å². The molecule has 1 fully saturated rings. The lowest BCUT2D eigenvalue weighted by Crippen LogP contribution is -2.44. The van der Waals surface area contributed by atoms with E-state index < -0.39 is 25.5 Å². The van der Waals surface area contributed by atoms with Gasteiger partial charge in [-0.15, -0.1) is 24.8 Å². The maximum atomic E-state index is 12.3. The summed E-state index contributed by atoms with van der Waals surface area (Å²) in [5.41, 5.74) is -0.521. The van der Waals surface area contributed by atoms with E-state index in [1.807, 2.05) is 0 Å². The summed E-state index contributed by atoms with van der Waals surface area (Å²) in [6, 6.07) is 3.80. The third kappa shape index (κ3) is 6.86. The van der Waals surface area contributed by atoms with Gasteiger partial charge in [0, 0.05) is 38.8 Å². The van der Waals surface area contributed by atoms with Crippen LogP contribution in [0.5, 0.6) is 0 Å². The number of nitrogens with zero attached hydrogens (tertiary/aromatic N) is 2. The first-order valence-electron chi connectivity index (χ1n) is 7.27. The molecular weight excluding hydrogens is 415 g/mol. The van der Waals surface area contributed by atoms with Crippen molar-refractivity contribution in [2.75, 3.05) is 39.3 Å². The maximum Gasteiger partial charge on any atom is 0.290 e. The highest BCUT2D eigenvalue weighted by Gasteiger charge is 2.28. The Labute approximate surface area is 164 Å². The average Bonchev–Trinajstić information content (AvgIpc) is 2.52. The standard InChI is InChI=1S/C13H19ClN4O4S.2ClH/c14-11-3-1-4-12(18(19)20)13(11)23(21,22)16-5-2-8-17-9-6-15-7-10-17;;/h1,3-4,15-16H,2,5-10H2;2*1H. The summed E-state index contributed by atoms with van der Waals surface area (Å²) in [6.45, 7) is 4.70. The SMILES string of the molecule is Cl.Cl.O=[N+]([O-])c1cccc(Cl)c1S(=O)(=O)NCCCN1CCNCC1. The first kappa shape index (κ1) is 24.3. The van der Waals surface area contributed by atoms with Crippen LogP contribution in [0.25, 0.3) is 0 Å². The number of nitrogens with one attached hydrogen (secondary N) is 2. The molecule has 1 aromatic carbocycles. The van der Waals surface area contributed by atoms with Crippen molar-refractivity contribution in [3.05, 3.63) is 33.3 Å². The van der Waals surface area contributed by atoms with Crippen molar-refractivity contribution in [3.63, 3.8) is 0 Å². The summed E-state index contributed by atoms with van der Waals surface area (Å²) < 4.78 is 27.0. The largest absolute Gasteiger partial charge is 0.314 e. The second-order valence-electron chi connectivity index (χ2n) is 5.19. The van der Waals surface area contributed by atoms with E-state index in [-0.39, 0.29) is 36.4 Å². The van der Waals surface area contributed by atoms with Crippen LogP contribution >= 0.6 is 36.4 Å². The Morgan fingerprint density at radius 2 is 1.92 bits per heavy atom. The number of sulfonamides is 1. The lowest BCUT2D eigenvalue weighted by molar-refractivity contribution is -0.387. The van der Waals surface area contributed by atoms with E-state index in [1.165, 1.54) is 12.1 Å². The van der Waals surface area contributed by atoms with Crippen LogP contribution in [0.15, 0.2) is 23.1 Å². The molecule has 1 aromatic rings. The van der Waals surface area contributed by atoms with Crippen LogP contribution in [-0.4, -0.2) is 57.5 Å². The molecule has 0 aromatic heterocycles. The summed E-state index contributed by atoms with van der Waals surface area (Å²) in [5.74, 6) is 0. The molecule has 25 heavy (non-hydrogen) atoms. The van der Waals surface area contributed by atoms with Gasteiger partial charge in [-0.1, -0.05) is 17.7 Å². The Bertz CT molecular complexity index is 669. The summed E-state index contributed by atoms with van der Waals surface area (Å²) in [5, 5.41) is 14.1. The topological polar surface area (TPSA) is 105 Å². The maximum absolute atomic E-state index is 12.3. The molecule has 0 saturated carbocycles. The first-order chi connectivity index (χ1) is 10.9. The lowest BCUT2D eigenvalue weighted by atomic mass is 10.3. The smallest absolute Gasteiger partial charge is 0.290 e. The predicted molar refractivity (Wildman–Crippen MR) is 102 cm³/mol. The predicted octanol–water partition coefficient (Wildman–Crippen LogP) is 1.67. The van der Waals surface area contributed by atoms with Crippen molar-refractivity contribution in [2.24, 2.45) is 0 Å². The summed E-state index contributed by atoms with van der Waals surface area (Å²) in [7, 11) is -4.02. The molecule has 0 atom stereocenters. The Hall–Kier alpha value is -0.680. The highest BCUT2D eigenvalue weighted by molar-refractivity contribution is 7.89. The Morgan fingerprint density at radius 1 is 1.28 bits per heavy atom. The van der Waals surface area contributed by atoms with Gasteiger partial charge in [-0.2, -0.15) is 0 Å². The molecule has 0 amide bonds. The number of halogens is 3. The van der Waals surface area contributed by atoms with Crippen LogP contribution in [0, 0.1) is 10.1 Å². The number of hydrogen-bond donors (Lipinski definition) is 2. The van der Waals surface area contributed by atoms with Crippen LogP contribution in [0.2, 0.25) is 5.02 Å². The fourth-order valence-electron chi connectivity index (χ4n) is 2.42. The monoisotopic (exact) mass is 434 g/mol. The molecule has 0 unspecified atom stereocenters. The summed E-state index contributed by atoms with van der Waals surface area (Å²) >= 11 is 5.85. The van der Waals surface area contributed by atoms with Gasteiger partial charge in [-0.25, -0.2) is 13.1 Å². The van der Waals surface area contributed by atoms with Gasteiger partial charge < -0.3 is 10.2 Å². The van der Waals surface area contributed by atoms with E-state index >= 15 is 0 Å². The number of nitro groups is 1. The van der Waals surface area contributed by atoms with Crippen LogP contribution < -0.4 is 10.0 Å². The van der Waals surface area contributed by atoms with Crippen molar-refractivity contribution in [2.45, 2.75) is 11.3 Å². The quantitative estimate of drug-likeness (QED) is 0.383. The fourth-order valence-corrected chi connectivity index (χ4v) is 4.20. The average molecular weight is 436 g/mol. The molecule has 1 aliphatic rings. The van der Waals surface area contributed by atoms with Crippen LogP contribution in [0.1, 0.15) is 6.42 Å². The number of piperazine rings is 1. The van der Waals surface area contributed by atoms with Gasteiger partial charge in [-0.3, -0.25) is 10.1 Å². The zero-order chi connectivity index (χ0) is 16.9. The second-order valence-corrected chi connectivity index (χ2v) is 7.30. The van der Waals surface area contributed by atoms with Crippen LogP contribution in [0.3, 0.4) is 0 Å². The van der Waals surface area contributed by atoms with E-state index in [4.69, 9.17) is 11.6 Å². The summed E-state index contributed by atoms with van der Waals surface area (Å²) in [4.78, 5) is 12.0. The van der Waals surface area contributed by atoms with Gasteiger partial charge in [0.25, 0.3) is 5.69 Å². The molecule has 12 heteroatoms. The third-order valence-corrected chi connectivity index (χ3v) is 5.54. The van der Waals surface area contributed by atoms with E-state index in [9.17, 15) is 18.5 Å². The van der Waals surface area contributed by atoms with Crippen molar-refractivity contribution in [1.82, 2.24) is 14.9 Å². The van der Waals surface area contributed by atoms with E-state index in [2.05, 4.69) is 14.9 Å². The molecule has 1 heterocycles. The van der Waals surface area contributed by atoms with Gasteiger partial charge in [0.1, 0.15) is 0 Å². The highest BCUT2D eigenvalue weighted by atomic mass is 35.5. The molecule has 144 valence electrons. The molecule has 1 saturated heterocycles. The van der Waals surface area contributed by atoms with Crippen LogP contribution in [-0.2, 0) is 10.0 Å². The number of nitro benzene ring substituents is 1. The van der Waals surface area contributed by atoms with E-state index in [0.717, 1.165) is 38.8 Å². The second kappa shape index (κ2) is 11.1. The zero-order valence-electron chi connectivity index (χ0n) is 13.3. The third-order valence-electron chi connectivity index (χ3n) is 3.56.